The third-order valence-electron chi connectivity index (χ3n) is 3.43. The maximum absolute atomic E-state index is 12.6. The molecule has 0 atom stereocenters. The number of carbonyl (C=O) groups is 1. The van der Waals surface area contributed by atoms with Crippen LogP contribution in [-0.2, 0) is 0 Å². The quantitative estimate of drug-likeness (QED) is 0.569. The van der Waals surface area contributed by atoms with Crippen LogP contribution in [0, 0.1) is 6.92 Å². The number of H-pyrrole nitrogens is 1. The SMILES string of the molecule is CSc1ccc(C(=O)c2c[nH]c3ccc(C)cc23)cc1. The molecule has 2 nitrogen and oxygen atoms in total. The Morgan fingerprint density at radius 3 is 2.55 bits per heavy atom. The fourth-order valence-electron chi connectivity index (χ4n) is 2.32. The van der Waals surface area contributed by atoms with Crippen LogP contribution < -0.4 is 0 Å². The van der Waals surface area contributed by atoms with Crippen molar-refractivity contribution < 1.29 is 4.79 Å². The first-order valence-corrected chi connectivity index (χ1v) is 7.68. The standard InChI is InChI=1S/C17H15NOS/c1-11-3-8-16-14(9-11)15(10-18-16)17(19)12-4-6-13(20-2)7-5-12/h3-10,18H,1-2H3. The lowest BCUT2D eigenvalue weighted by Gasteiger charge is -2.02. The van der Waals surface area contributed by atoms with Crippen LogP contribution in [0.25, 0.3) is 10.9 Å². The Hall–Kier alpha value is -2.00. The first-order valence-electron chi connectivity index (χ1n) is 6.45. The average molecular weight is 281 g/mol. The predicted octanol–water partition coefficient (Wildman–Crippen LogP) is 4.43. The van der Waals surface area contributed by atoms with Gasteiger partial charge in [-0.25, -0.2) is 0 Å². The smallest absolute Gasteiger partial charge is 0.195 e. The van der Waals surface area contributed by atoms with Gasteiger partial charge in [-0.2, -0.15) is 0 Å². The molecule has 3 aromatic rings. The first kappa shape index (κ1) is 13.0. The Kier molecular flexibility index (Phi) is 3.36. The van der Waals surface area contributed by atoms with Gasteiger partial charge < -0.3 is 4.98 Å². The molecule has 0 aliphatic carbocycles. The van der Waals surface area contributed by atoms with Gasteiger partial charge in [-0.15, -0.1) is 11.8 Å². The predicted molar refractivity (Wildman–Crippen MR) is 84.7 cm³/mol. The molecule has 0 spiro atoms. The summed E-state index contributed by atoms with van der Waals surface area (Å²) in [7, 11) is 0. The van der Waals surface area contributed by atoms with E-state index in [0.29, 0.717) is 0 Å². The van der Waals surface area contributed by atoms with Gasteiger partial charge in [-0.05, 0) is 49.6 Å². The third kappa shape index (κ3) is 2.25. The van der Waals surface area contributed by atoms with Crippen molar-refractivity contribution in [3.8, 4) is 0 Å². The maximum atomic E-state index is 12.6. The van der Waals surface area contributed by atoms with Crippen molar-refractivity contribution in [2.45, 2.75) is 11.8 Å². The van der Waals surface area contributed by atoms with Gasteiger partial charge in [-0.3, -0.25) is 4.79 Å². The minimum atomic E-state index is 0.0644. The molecule has 3 rings (SSSR count). The number of hydrogen-bond donors (Lipinski definition) is 1. The van der Waals surface area contributed by atoms with Gasteiger partial charge in [-0.1, -0.05) is 11.6 Å². The highest BCUT2D eigenvalue weighted by Gasteiger charge is 2.14. The fourth-order valence-corrected chi connectivity index (χ4v) is 2.73. The maximum Gasteiger partial charge on any atom is 0.195 e. The lowest BCUT2D eigenvalue weighted by Crippen LogP contribution is -2.00. The third-order valence-corrected chi connectivity index (χ3v) is 4.18. The molecule has 0 saturated heterocycles. The molecule has 0 bridgehead atoms. The van der Waals surface area contributed by atoms with E-state index in [1.807, 2.05) is 49.6 Å². The highest BCUT2D eigenvalue weighted by atomic mass is 32.2. The number of ketones is 1. The highest BCUT2D eigenvalue weighted by molar-refractivity contribution is 7.98. The van der Waals surface area contributed by atoms with Gasteiger partial charge >= 0.3 is 0 Å². The molecular weight excluding hydrogens is 266 g/mol. The molecule has 1 heterocycles. The van der Waals surface area contributed by atoms with E-state index in [9.17, 15) is 4.79 Å². The van der Waals surface area contributed by atoms with Crippen molar-refractivity contribution >= 4 is 28.4 Å². The molecule has 0 aliphatic rings. The number of aromatic amines is 1. The lowest BCUT2D eigenvalue weighted by atomic mass is 10.0. The Labute approximate surface area is 122 Å². The van der Waals surface area contributed by atoms with Gasteiger partial charge in [0.25, 0.3) is 0 Å². The van der Waals surface area contributed by atoms with Crippen LogP contribution in [0.4, 0.5) is 0 Å². The van der Waals surface area contributed by atoms with E-state index in [-0.39, 0.29) is 5.78 Å². The van der Waals surface area contributed by atoms with Crippen molar-refractivity contribution in [2.75, 3.05) is 6.26 Å². The van der Waals surface area contributed by atoms with E-state index >= 15 is 0 Å². The first-order chi connectivity index (χ1) is 9.69. The van der Waals surface area contributed by atoms with Crippen LogP contribution in [-0.4, -0.2) is 17.0 Å². The van der Waals surface area contributed by atoms with Gasteiger partial charge in [0.05, 0.1) is 0 Å². The number of fused-ring (bicyclic) bond motifs is 1. The van der Waals surface area contributed by atoms with Crippen molar-refractivity contribution in [1.82, 2.24) is 4.98 Å². The molecule has 0 amide bonds. The van der Waals surface area contributed by atoms with Gasteiger partial charge in [0, 0.05) is 33.1 Å². The number of benzene rings is 2. The molecule has 1 aromatic heterocycles. The Bertz CT molecular complexity index is 771. The van der Waals surface area contributed by atoms with Crippen LogP contribution in [0.1, 0.15) is 21.5 Å². The second-order valence-corrected chi connectivity index (χ2v) is 5.69. The topological polar surface area (TPSA) is 32.9 Å². The Balaban J connectivity index is 2.05. The number of hydrogen-bond acceptors (Lipinski definition) is 2. The summed E-state index contributed by atoms with van der Waals surface area (Å²) in [5, 5.41) is 0.990. The molecule has 0 radical (unpaired) electrons. The van der Waals surface area contributed by atoms with Crippen molar-refractivity contribution in [3.63, 3.8) is 0 Å². The monoisotopic (exact) mass is 281 g/mol. The zero-order valence-corrected chi connectivity index (χ0v) is 12.3. The molecule has 0 unspecified atom stereocenters. The van der Waals surface area contributed by atoms with Crippen LogP contribution in [0.5, 0.6) is 0 Å². The molecule has 3 heteroatoms. The summed E-state index contributed by atoms with van der Waals surface area (Å²) < 4.78 is 0. The Morgan fingerprint density at radius 1 is 1.10 bits per heavy atom. The molecule has 0 saturated carbocycles. The average Bonchev–Trinajstić information content (AvgIpc) is 2.89. The van der Waals surface area contributed by atoms with Crippen LogP contribution in [0.15, 0.2) is 53.6 Å². The van der Waals surface area contributed by atoms with E-state index in [1.165, 1.54) is 0 Å². The number of aryl methyl sites for hydroxylation is 1. The van der Waals surface area contributed by atoms with Gasteiger partial charge in [0.15, 0.2) is 5.78 Å². The summed E-state index contributed by atoms with van der Waals surface area (Å²) in [6.45, 7) is 2.04. The molecule has 2 aromatic carbocycles. The summed E-state index contributed by atoms with van der Waals surface area (Å²) in [5.41, 5.74) is 3.62. The van der Waals surface area contributed by atoms with Crippen LogP contribution in [0.2, 0.25) is 0 Å². The fraction of sp³-hybridized carbons (Fsp3) is 0.118. The Morgan fingerprint density at radius 2 is 1.85 bits per heavy atom. The summed E-state index contributed by atoms with van der Waals surface area (Å²) in [6.07, 6.45) is 3.83. The summed E-state index contributed by atoms with van der Waals surface area (Å²) in [4.78, 5) is 16.9. The zero-order chi connectivity index (χ0) is 14.1. The van der Waals surface area contributed by atoms with E-state index in [2.05, 4.69) is 11.1 Å². The van der Waals surface area contributed by atoms with Crippen molar-refractivity contribution in [1.29, 1.82) is 0 Å². The second kappa shape index (κ2) is 5.17. The van der Waals surface area contributed by atoms with Gasteiger partial charge in [0.2, 0.25) is 0 Å². The van der Waals surface area contributed by atoms with E-state index < -0.39 is 0 Å². The number of thioether (sulfide) groups is 1. The molecule has 20 heavy (non-hydrogen) atoms. The number of nitrogens with one attached hydrogen (secondary N) is 1. The summed E-state index contributed by atoms with van der Waals surface area (Å²) >= 11 is 1.67. The molecule has 0 fully saturated rings. The summed E-state index contributed by atoms with van der Waals surface area (Å²) in [6, 6.07) is 13.9. The molecular formula is C17H15NOS. The largest absolute Gasteiger partial charge is 0.360 e. The van der Waals surface area contributed by atoms with E-state index in [4.69, 9.17) is 0 Å². The minimum Gasteiger partial charge on any atom is -0.360 e. The number of rotatable bonds is 3. The van der Waals surface area contributed by atoms with Crippen LogP contribution in [0.3, 0.4) is 0 Å². The second-order valence-electron chi connectivity index (χ2n) is 4.81. The number of aromatic nitrogens is 1. The van der Waals surface area contributed by atoms with Crippen molar-refractivity contribution in [2.24, 2.45) is 0 Å². The van der Waals surface area contributed by atoms with E-state index in [1.54, 1.807) is 18.0 Å². The lowest BCUT2D eigenvalue weighted by molar-refractivity contribution is 0.104. The van der Waals surface area contributed by atoms with Crippen molar-refractivity contribution in [3.05, 3.63) is 65.4 Å². The molecule has 1 N–H and O–H groups in total. The van der Waals surface area contributed by atoms with Crippen LogP contribution >= 0.6 is 11.8 Å². The van der Waals surface area contributed by atoms with E-state index in [0.717, 1.165) is 32.5 Å². The van der Waals surface area contributed by atoms with Gasteiger partial charge in [0.1, 0.15) is 0 Å². The zero-order valence-electron chi connectivity index (χ0n) is 11.4. The molecule has 0 aliphatic heterocycles. The minimum absolute atomic E-state index is 0.0644. The normalized spacial score (nSPS) is 10.9. The highest BCUT2D eigenvalue weighted by Crippen LogP contribution is 2.23. The molecule has 100 valence electrons. The number of carbonyl (C=O) groups excluding carboxylic acids is 1. The summed E-state index contributed by atoms with van der Waals surface area (Å²) in [5.74, 6) is 0.0644.